The van der Waals surface area contributed by atoms with Crippen LogP contribution < -0.4 is 15.5 Å². The molecular formula is C32H37N5O4S2. The Hall–Kier alpha value is -3.54. The Kier molecular flexibility index (Phi) is 9.20. The van der Waals surface area contributed by atoms with Crippen LogP contribution in [0.2, 0.25) is 0 Å². The predicted octanol–water partition coefficient (Wildman–Crippen LogP) is 4.28. The zero-order valence-electron chi connectivity index (χ0n) is 24.1. The molecule has 0 radical (unpaired) electrons. The van der Waals surface area contributed by atoms with Crippen LogP contribution in [-0.2, 0) is 20.9 Å². The van der Waals surface area contributed by atoms with E-state index in [2.05, 4.69) is 27.7 Å². The van der Waals surface area contributed by atoms with Gasteiger partial charge in [0, 0.05) is 31.0 Å². The lowest BCUT2D eigenvalue weighted by Crippen LogP contribution is -2.61. The minimum absolute atomic E-state index is 0.00352. The van der Waals surface area contributed by atoms with Crippen LogP contribution in [0.1, 0.15) is 30.2 Å². The number of thiocarbonyl (C=S) groups is 1. The average molecular weight is 620 g/mol. The third kappa shape index (κ3) is 6.68. The molecule has 3 saturated heterocycles. The molecule has 1 aromatic heterocycles. The molecule has 2 aromatic carbocycles. The van der Waals surface area contributed by atoms with E-state index in [1.807, 2.05) is 65.2 Å². The normalized spacial score (nSPS) is 20.0. The summed E-state index contributed by atoms with van der Waals surface area (Å²) in [6.45, 7) is 3.97. The van der Waals surface area contributed by atoms with E-state index < -0.39 is 5.54 Å². The number of hydrogen-bond acceptors (Lipinski definition) is 7. The number of anilines is 2. The zero-order chi connectivity index (χ0) is 29.6. The largest absolute Gasteiger partial charge is 0.467 e. The number of benzene rings is 2. The van der Waals surface area contributed by atoms with Crippen LogP contribution in [0.4, 0.5) is 11.4 Å². The van der Waals surface area contributed by atoms with Gasteiger partial charge in [-0.05, 0) is 78.5 Å². The number of rotatable bonds is 9. The Balaban J connectivity index is 1.22. The fraction of sp³-hybridized carbons (Fsp3) is 0.406. The molecule has 11 heteroatoms. The highest BCUT2D eigenvalue weighted by atomic mass is 32.2. The summed E-state index contributed by atoms with van der Waals surface area (Å²) in [4.78, 5) is 34.4. The summed E-state index contributed by atoms with van der Waals surface area (Å²) in [5, 5.41) is 7.06. The first-order valence-corrected chi connectivity index (χ1v) is 16.3. The molecule has 0 saturated carbocycles. The van der Waals surface area contributed by atoms with Gasteiger partial charge >= 0.3 is 0 Å². The van der Waals surface area contributed by atoms with Crippen LogP contribution in [-0.4, -0.2) is 83.2 Å². The Morgan fingerprint density at radius 1 is 1.02 bits per heavy atom. The maximum absolute atomic E-state index is 14.3. The van der Waals surface area contributed by atoms with E-state index in [1.165, 1.54) is 0 Å². The number of carbonyl (C=O) groups excluding carboxylic acids is 2. The quantitative estimate of drug-likeness (QED) is 0.341. The molecule has 0 aliphatic carbocycles. The van der Waals surface area contributed by atoms with Crippen molar-refractivity contribution in [3.05, 3.63) is 84.3 Å². The minimum atomic E-state index is -1.02. The molecule has 3 aromatic rings. The Morgan fingerprint density at radius 3 is 2.47 bits per heavy atom. The van der Waals surface area contributed by atoms with E-state index in [-0.39, 0.29) is 30.9 Å². The van der Waals surface area contributed by atoms with Crippen molar-refractivity contribution in [3.63, 3.8) is 0 Å². The average Bonchev–Trinajstić information content (AvgIpc) is 3.71. The van der Waals surface area contributed by atoms with Gasteiger partial charge in [-0.2, -0.15) is 11.8 Å². The van der Waals surface area contributed by atoms with Gasteiger partial charge in [-0.3, -0.25) is 9.59 Å². The molecule has 2 amide bonds. The number of morpholine rings is 1. The number of nitrogens with one attached hydrogen (secondary N) is 2. The lowest BCUT2D eigenvalue weighted by Gasteiger charge is -2.45. The monoisotopic (exact) mass is 619 g/mol. The van der Waals surface area contributed by atoms with Crippen LogP contribution in [0.5, 0.6) is 0 Å². The van der Waals surface area contributed by atoms with Gasteiger partial charge in [0.25, 0.3) is 0 Å². The van der Waals surface area contributed by atoms with Crippen molar-refractivity contribution in [2.45, 2.75) is 31.0 Å². The van der Waals surface area contributed by atoms with Crippen molar-refractivity contribution in [2.75, 3.05) is 61.1 Å². The van der Waals surface area contributed by atoms with Gasteiger partial charge in [0.2, 0.25) is 11.8 Å². The lowest BCUT2D eigenvalue weighted by molar-refractivity contribution is -0.147. The zero-order valence-corrected chi connectivity index (χ0v) is 25.7. The second-order valence-electron chi connectivity index (χ2n) is 11.1. The third-order valence-electron chi connectivity index (χ3n) is 8.47. The molecule has 1 unspecified atom stereocenters. The molecule has 3 aliphatic heterocycles. The van der Waals surface area contributed by atoms with Crippen LogP contribution >= 0.6 is 24.0 Å². The maximum atomic E-state index is 14.3. The van der Waals surface area contributed by atoms with Crippen LogP contribution in [0.15, 0.2) is 77.4 Å². The first-order valence-electron chi connectivity index (χ1n) is 14.8. The third-order valence-corrected chi connectivity index (χ3v) is 9.83. The molecule has 0 bridgehead atoms. The topological polar surface area (TPSA) is 90.3 Å². The van der Waals surface area contributed by atoms with Gasteiger partial charge in [-0.25, -0.2) is 0 Å². The lowest BCUT2D eigenvalue weighted by atomic mass is 9.88. The number of furan rings is 1. The summed E-state index contributed by atoms with van der Waals surface area (Å²) in [5.41, 5.74) is 1.90. The van der Waals surface area contributed by atoms with E-state index in [0.29, 0.717) is 49.2 Å². The summed E-state index contributed by atoms with van der Waals surface area (Å²) in [6.07, 6.45) is 2.70. The first kappa shape index (κ1) is 29.5. The van der Waals surface area contributed by atoms with E-state index in [4.69, 9.17) is 21.4 Å². The first-order chi connectivity index (χ1) is 21.0. The Morgan fingerprint density at radius 2 is 1.77 bits per heavy atom. The van der Waals surface area contributed by atoms with Gasteiger partial charge in [0.1, 0.15) is 11.3 Å². The molecule has 1 atom stereocenters. The van der Waals surface area contributed by atoms with E-state index >= 15 is 0 Å². The van der Waals surface area contributed by atoms with Crippen molar-refractivity contribution < 1.29 is 18.7 Å². The number of hydrogen-bond donors (Lipinski definition) is 2. The summed E-state index contributed by atoms with van der Waals surface area (Å²) >= 11 is 7.46. The van der Waals surface area contributed by atoms with Gasteiger partial charge in [-0.15, -0.1) is 0 Å². The molecule has 3 aliphatic rings. The summed E-state index contributed by atoms with van der Waals surface area (Å²) in [6, 6.07) is 21.7. The van der Waals surface area contributed by atoms with Crippen molar-refractivity contribution in [1.29, 1.82) is 0 Å². The number of nitrogens with zero attached hydrogens (tertiary/aromatic N) is 3. The maximum Gasteiger partial charge on any atom is 0.250 e. The van der Waals surface area contributed by atoms with Crippen molar-refractivity contribution in [3.8, 4) is 0 Å². The number of thioether (sulfide) groups is 1. The predicted molar refractivity (Wildman–Crippen MR) is 173 cm³/mol. The van der Waals surface area contributed by atoms with Crippen LogP contribution in [0.3, 0.4) is 0 Å². The van der Waals surface area contributed by atoms with E-state index in [9.17, 15) is 9.59 Å². The standard InChI is InChI=1S/C32H37N5O4S2/c38-29(23-36-22-28(34-31(36)42)24-5-2-1-3-6-24)37(21-27-7-4-16-41-27)32(12-19-43-20-13-32)30(39)33-25-8-10-26(11-9-25)35-14-17-40-18-15-35/h1-11,16,28H,12-15,17-23H2,(H,33,39)(H,34,42). The van der Waals surface area contributed by atoms with E-state index in [0.717, 1.165) is 35.8 Å². The smallest absolute Gasteiger partial charge is 0.250 e. The van der Waals surface area contributed by atoms with Gasteiger partial charge in [0.15, 0.2) is 5.11 Å². The van der Waals surface area contributed by atoms with Crippen molar-refractivity contribution in [1.82, 2.24) is 15.1 Å². The number of ether oxygens (including phenoxy) is 1. The number of amides is 2. The molecule has 0 spiro atoms. The van der Waals surface area contributed by atoms with Gasteiger partial charge in [0.05, 0.1) is 38.6 Å². The molecule has 2 N–H and O–H groups in total. The van der Waals surface area contributed by atoms with E-state index in [1.54, 1.807) is 17.2 Å². The SMILES string of the molecule is O=C(CN1CC(c2ccccc2)NC1=S)N(Cc1ccco1)C1(C(=O)Nc2ccc(N3CCOCC3)cc2)CCSCC1. The second-order valence-corrected chi connectivity index (χ2v) is 12.7. The fourth-order valence-electron chi connectivity index (χ4n) is 6.04. The van der Waals surface area contributed by atoms with Gasteiger partial charge in [-0.1, -0.05) is 30.3 Å². The molecule has 6 rings (SSSR count). The molecule has 226 valence electrons. The molecule has 43 heavy (non-hydrogen) atoms. The minimum Gasteiger partial charge on any atom is -0.467 e. The molecular weight excluding hydrogens is 583 g/mol. The Bertz CT molecular complexity index is 1390. The highest BCUT2D eigenvalue weighted by molar-refractivity contribution is 7.99. The van der Waals surface area contributed by atoms with Crippen LogP contribution in [0.25, 0.3) is 0 Å². The van der Waals surface area contributed by atoms with Crippen LogP contribution in [0, 0.1) is 0 Å². The molecule has 9 nitrogen and oxygen atoms in total. The number of carbonyl (C=O) groups is 2. The molecule has 4 heterocycles. The Labute approximate surface area is 261 Å². The van der Waals surface area contributed by atoms with Crippen molar-refractivity contribution in [2.24, 2.45) is 0 Å². The highest BCUT2D eigenvalue weighted by Gasteiger charge is 2.48. The molecule has 3 fully saturated rings. The summed E-state index contributed by atoms with van der Waals surface area (Å²) in [7, 11) is 0. The van der Waals surface area contributed by atoms with Gasteiger partial charge < -0.3 is 34.5 Å². The summed E-state index contributed by atoms with van der Waals surface area (Å²) in [5.74, 6) is 1.88. The highest BCUT2D eigenvalue weighted by Crippen LogP contribution is 2.36. The fourth-order valence-corrected chi connectivity index (χ4v) is 7.49. The summed E-state index contributed by atoms with van der Waals surface area (Å²) < 4.78 is 11.2. The van der Waals surface area contributed by atoms with Crippen molar-refractivity contribution >= 4 is 52.3 Å². The second kappa shape index (κ2) is 13.4.